The zero-order chi connectivity index (χ0) is 42.8. The minimum Gasteiger partial charge on any atom is -0.456 e. The molecular formula is C61H44N2O. The lowest BCUT2D eigenvalue weighted by atomic mass is 9.82. The van der Waals surface area contributed by atoms with Crippen molar-refractivity contribution in [3.63, 3.8) is 0 Å². The van der Waals surface area contributed by atoms with Crippen LogP contribution in [0.25, 0.3) is 55.3 Å². The van der Waals surface area contributed by atoms with E-state index in [9.17, 15) is 0 Å². The Kier molecular flexibility index (Phi) is 8.84. The molecular weight excluding hydrogens is 777 g/mol. The molecule has 0 aromatic heterocycles. The van der Waals surface area contributed by atoms with E-state index in [1.807, 2.05) is 0 Å². The molecule has 3 heteroatoms. The summed E-state index contributed by atoms with van der Waals surface area (Å²) in [5.41, 5.74) is 18.5. The van der Waals surface area contributed by atoms with E-state index in [1.165, 1.54) is 50.1 Å². The van der Waals surface area contributed by atoms with Gasteiger partial charge in [0.05, 0.1) is 11.4 Å². The van der Waals surface area contributed by atoms with Crippen LogP contribution in [0, 0.1) is 0 Å². The first-order valence-electron chi connectivity index (χ1n) is 22.1. The second-order valence-corrected chi connectivity index (χ2v) is 17.3. The topological polar surface area (TPSA) is 15.7 Å². The molecule has 12 rings (SSSR count). The number of para-hydroxylation sites is 2. The van der Waals surface area contributed by atoms with Gasteiger partial charge in [-0.2, -0.15) is 0 Å². The Hall–Kier alpha value is -8.14. The predicted molar refractivity (Wildman–Crippen MR) is 267 cm³/mol. The predicted octanol–water partition coefficient (Wildman–Crippen LogP) is 17.2. The van der Waals surface area contributed by atoms with E-state index in [2.05, 4.69) is 254 Å². The molecule has 1 aliphatic carbocycles. The summed E-state index contributed by atoms with van der Waals surface area (Å²) in [6.45, 7) is 4.70. The molecule has 1 aliphatic heterocycles. The van der Waals surface area contributed by atoms with Crippen molar-refractivity contribution in [2.24, 2.45) is 0 Å². The van der Waals surface area contributed by atoms with Crippen LogP contribution in [0.4, 0.5) is 34.1 Å². The molecule has 0 spiro atoms. The molecule has 0 bridgehead atoms. The molecule has 0 saturated heterocycles. The molecule has 0 unspecified atom stereocenters. The van der Waals surface area contributed by atoms with Gasteiger partial charge in [-0.05, 0) is 111 Å². The van der Waals surface area contributed by atoms with Gasteiger partial charge in [0.1, 0.15) is 11.5 Å². The van der Waals surface area contributed by atoms with Crippen LogP contribution in [0.2, 0.25) is 0 Å². The molecule has 1 heterocycles. The van der Waals surface area contributed by atoms with E-state index >= 15 is 0 Å². The summed E-state index contributed by atoms with van der Waals surface area (Å²) in [6.07, 6.45) is 0. The molecule has 64 heavy (non-hydrogen) atoms. The smallest absolute Gasteiger partial charge is 0.138 e. The van der Waals surface area contributed by atoms with Crippen LogP contribution < -0.4 is 14.5 Å². The second kappa shape index (κ2) is 15.0. The molecule has 0 fully saturated rings. The number of nitrogens with zero attached hydrogens (tertiary/aromatic N) is 2. The number of benzene rings is 10. The molecule has 3 nitrogen and oxygen atoms in total. The zero-order valence-electron chi connectivity index (χ0n) is 35.7. The number of fused-ring (bicyclic) bond motifs is 5. The van der Waals surface area contributed by atoms with Gasteiger partial charge in [-0.15, -0.1) is 0 Å². The third kappa shape index (κ3) is 6.20. The highest BCUT2D eigenvalue weighted by Crippen LogP contribution is 2.56. The molecule has 0 amide bonds. The maximum Gasteiger partial charge on any atom is 0.138 e. The van der Waals surface area contributed by atoms with Crippen LogP contribution >= 0.6 is 0 Å². The van der Waals surface area contributed by atoms with Crippen LogP contribution in [0.5, 0.6) is 11.5 Å². The lowest BCUT2D eigenvalue weighted by Gasteiger charge is -2.31. The molecule has 10 aromatic rings. The Labute approximate surface area is 374 Å². The van der Waals surface area contributed by atoms with E-state index in [4.69, 9.17) is 4.74 Å². The van der Waals surface area contributed by atoms with Crippen molar-refractivity contribution in [2.45, 2.75) is 19.3 Å². The Bertz CT molecular complexity index is 3320. The zero-order valence-corrected chi connectivity index (χ0v) is 35.7. The summed E-state index contributed by atoms with van der Waals surface area (Å²) in [4.78, 5) is 4.72. The largest absolute Gasteiger partial charge is 0.456 e. The van der Waals surface area contributed by atoms with E-state index < -0.39 is 0 Å². The second-order valence-electron chi connectivity index (χ2n) is 17.3. The normalized spacial score (nSPS) is 12.8. The molecule has 2 aliphatic rings. The Balaban J connectivity index is 1.00. The van der Waals surface area contributed by atoms with Gasteiger partial charge in [0.15, 0.2) is 0 Å². The lowest BCUT2D eigenvalue weighted by Crippen LogP contribution is -2.16. The van der Waals surface area contributed by atoms with Crippen molar-refractivity contribution in [1.29, 1.82) is 0 Å². The number of hydrogen-bond acceptors (Lipinski definition) is 3. The standard InChI is InChI=1S/C61H44N2O/c1-61(2)54-25-13-12-23-53(54)60-55(61)26-15-27-56(60)63(48-34-32-44(33-35-48)43-30-28-42(29-31-43)41-16-6-3-7-17-41)50-38-45-18-14-24-52-51-37-36-49(39-57(51)64-58(40-50)59(45)52)62(46-19-8-4-9-20-46)47-21-10-5-11-22-47/h3-40H,1-2H3. The minimum atomic E-state index is -0.147. The van der Waals surface area contributed by atoms with Crippen LogP contribution in [0.1, 0.15) is 25.0 Å². The van der Waals surface area contributed by atoms with Crippen LogP contribution in [0.15, 0.2) is 231 Å². The summed E-state index contributed by atoms with van der Waals surface area (Å²) in [6, 6.07) is 83.1. The summed E-state index contributed by atoms with van der Waals surface area (Å²) in [5.74, 6) is 1.67. The molecule has 10 aromatic carbocycles. The van der Waals surface area contributed by atoms with Crippen molar-refractivity contribution in [3.8, 4) is 56.0 Å². The van der Waals surface area contributed by atoms with E-state index in [1.54, 1.807) is 0 Å². The van der Waals surface area contributed by atoms with Gasteiger partial charge in [-0.25, -0.2) is 0 Å². The van der Waals surface area contributed by atoms with Gasteiger partial charge in [0.25, 0.3) is 0 Å². The number of anilines is 6. The van der Waals surface area contributed by atoms with Crippen LogP contribution in [-0.2, 0) is 5.41 Å². The van der Waals surface area contributed by atoms with Crippen molar-refractivity contribution >= 4 is 44.9 Å². The number of ether oxygens (including phenoxy) is 1. The first-order valence-corrected chi connectivity index (χ1v) is 22.1. The van der Waals surface area contributed by atoms with E-state index in [0.717, 1.165) is 62.0 Å². The van der Waals surface area contributed by atoms with Gasteiger partial charge in [-0.1, -0.05) is 172 Å². The quantitative estimate of drug-likeness (QED) is 0.152. The fourth-order valence-corrected chi connectivity index (χ4v) is 10.1. The van der Waals surface area contributed by atoms with Gasteiger partial charge >= 0.3 is 0 Å². The first-order chi connectivity index (χ1) is 31.5. The summed E-state index contributed by atoms with van der Waals surface area (Å²) >= 11 is 0. The monoisotopic (exact) mass is 820 g/mol. The summed E-state index contributed by atoms with van der Waals surface area (Å²) < 4.78 is 7.12. The van der Waals surface area contributed by atoms with Gasteiger partial charge in [-0.3, -0.25) is 0 Å². The maximum absolute atomic E-state index is 7.12. The number of hydrogen-bond donors (Lipinski definition) is 0. The highest BCUT2D eigenvalue weighted by molar-refractivity contribution is 6.07. The molecule has 0 radical (unpaired) electrons. The molecule has 0 atom stereocenters. The highest BCUT2D eigenvalue weighted by Gasteiger charge is 2.38. The number of rotatable bonds is 8. The van der Waals surface area contributed by atoms with Crippen LogP contribution in [0.3, 0.4) is 0 Å². The van der Waals surface area contributed by atoms with Crippen molar-refractivity contribution < 1.29 is 4.74 Å². The maximum atomic E-state index is 7.12. The van der Waals surface area contributed by atoms with Crippen LogP contribution in [-0.4, -0.2) is 0 Å². The fourth-order valence-electron chi connectivity index (χ4n) is 10.1. The van der Waals surface area contributed by atoms with Crippen molar-refractivity contribution in [2.75, 3.05) is 9.80 Å². The average Bonchev–Trinajstić information content (AvgIpc) is 3.59. The first kappa shape index (κ1) is 37.6. The summed E-state index contributed by atoms with van der Waals surface area (Å²) in [7, 11) is 0. The minimum absolute atomic E-state index is 0.147. The van der Waals surface area contributed by atoms with E-state index in [-0.39, 0.29) is 5.41 Å². The lowest BCUT2D eigenvalue weighted by molar-refractivity contribution is 0.487. The third-order valence-electron chi connectivity index (χ3n) is 13.2. The Morgan fingerprint density at radius 1 is 0.344 bits per heavy atom. The molecule has 0 saturated carbocycles. The van der Waals surface area contributed by atoms with Gasteiger partial charge < -0.3 is 14.5 Å². The Morgan fingerprint density at radius 2 is 0.859 bits per heavy atom. The van der Waals surface area contributed by atoms with E-state index in [0.29, 0.717) is 0 Å². The molecule has 0 N–H and O–H groups in total. The molecule has 304 valence electrons. The highest BCUT2D eigenvalue weighted by atomic mass is 16.5. The third-order valence-corrected chi connectivity index (χ3v) is 13.2. The van der Waals surface area contributed by atoms with Crippen molar-refractivity contribution in [3.05, 3.63) is 242 Å². The van der Waals surface area contributed by atoms with Crippen molar-refractivity contribution in [1.82, 2.24) is 0 Å². The SMILES string of the molecule is CC1(C)c2ccccc2-c2c(N(c3ccc(-c4ccc(-c5ccccc5)cc4)cc3)c3cc4c5c(cccc5c3)-c3ccc(N(c5ccccc5)c5ccccc5)cc3O4)cccc21. The Morgan fingerprint density at radius 3 is 1.55 bits per heavy atom. The van der Waals surface area contributed by atoms with Gasteiger partial charge in [0, 0.05) is 56.8 Å². The van der Waals surface area contributed by atoms with Gasteiger partial charge in [0.2, 0.25) is 0 Å². The fraction of sp³-hybridized carbons (Fsp3) is 0.0492. The average molecular weight is 821 g/mol. The summed E-state index contributed by atoms with van der Waals surface area (Å²) in [5, 5.41) is 2.25.